The third kappa shape index (κ3) is 43.3. The Morgan fingerprint density at radius 2 is 0.769 bits per heavy atom. The summed E-state index contributed by atoms with van der Waals surface area (Å²) < 4.78 is 0. The maximum atomic E-state index is 15.1. The highest BCUT2D eigenvalue weighted by atomic mass is 16.2. The van der Waals surface area contributed by atoms with Crippen molar-refractivity contribution in [3.63, 3.8) is 0 Å². The fourth-order valence-corrected chi connectivity index (χ4v) is 14.1. The molecule has 5 aromatic rings. The van der Waals surface area contributed by atoms with Crippen LogP contribution >= 0.6 is 0 Å². The Bertz CT molecular complexity index is 4600. The Labute approximate surface area is 779 Å². The van der Waals surface area contributed by atoms with Gasteiger partial charge in [0.25, 0.3) is 0 Å². The van der Waals surface area contributed by atoms with E-state index in [1.54, 1.807) is 143 Å². The van der Waals surface area contributed by atoms with Crippen LogP contribution in [-0.4, -0.2) is 233 Å². The van der Waals surface area contributed by atoms with Crippen molar-refractivity contribution in [2.24, 2.45) is 52.0 Å². The minimum Gasteiger partial charge on any atom is -0.370 e. The highest BCUT2D eigenvalue weighted by molar-refractivity contribution is 6.01. The number of carbonyl (C=O) groups is 16. The molecule has 43 heteroatoms. The number of rotatable bonds is 63. The number of nitrogens with one attached hydrogen (secondary N) is 17. The van der Waals surface area contributed by atoms with Crippen molar-refractivity contribution in [1.82, 2.24) is 94.6 Å². The monoisotopic (exact) mass is 1860 g/mol. The molecular weight excluding hydrogens is 1730 g/mol. The Balaban J connectivity index is 1.37. The van der Waals surface area contributed by atoms with Crippen LogP contribution in [-0.2, 0) is 109 Å². The zero-order valence-electron chi connectivity index (χ0n) is 76.7. The van der Waals surface area contributed by atoms with E-state index < -0.39 is 211 Å². The van der Waals surface area contributed by atoms with E-state index in [9.17, 15) is 71.9 Å². The molecule has 0 fully saturated rings. The minimum atomic E-state index is -1.63. The Morgan fingerprint density at radius 3 is 1.22 bits per heavy atom. The molecule has 0 radical (unpaired) electrons. The number of benzene rings is 3. The summed E-state index contributed by atoms with van der Waals surface area (Å²) >= 11 is 0. The Kier molecular flexibility index (Phi) is 49.5. The van der Waals surface area contributed by atoms with Crippen LogP contribution in [0.1, 0.15) is 159 Å². The lowest BCUT2D eigenvalue weighted by Gasteiger charge is -2.30. The van der Waals surface area contributed by atoms with Crippen LogP contribution in [0.25, 0.3) is 0 Å². The van der Waals surface area contributed by atoms with E-state index in [0.717, 1.165) is 11.4 Å². The average molecular weight is 1860 g/mol. The predicted molar refractivity (Wildman–Crippen MR) is 499 cm³/mol. The summed E-state index contributed by atoms with van der Waals surface area (Å²) in [6.07, 6.45) is 2.86. The van der Waals surface area contributed by atoms with Crippen molar-refractivity contribution in [1.29, 1.82) is 10.8 Å². The fraction of sp³-hybridized carbons (Fsp3) is 0.495. The number of hydrogen-bond acceptors (Lipinski definition) is 23. The van der Waals surface area contributed by atoms with E-state index in [1.165, 1.54) is 6.92 Å². The van der Waals surface area contributed by atoms with Crippen molar-refractivity contribution in [3.8, 4) is 0 Å². The molecule has 730 valence electrons. The lowest BCUT2D eigenvalue weighted by atomic mass is 9.96. The van der Waals surface area contributed by atoms with Crippen molar-refractivity contribution >= 4 is 106 Å². The Morgan fingerprint density at radius 1 is 0.373 bits per heavy atom. The largest absolute Gasteiger partial charge is 0.370 e. The number of unbranched alkanes of at least 4 members (excludes halogenated alkanes) is 2. The molecule has 0 saturated carbocycles. The van der Waals surface area contributed by atoms with Crippen LogP contribution in [0.4, 0.5) is 0 Å². The van der Waals surface area contributed by atoms with Gasteiger partial charge in [0.15, 0.2) is 11.9 Å². The number of primary amides is 3. The summed E-state index contributed by atoms with van der Waals surface area (Å²) in [4.78, 5) is 235. The maximum absolute atomic E-state index is 15.1. The number of hydrogen-bond donors (Lipinski definition) is 24. The first kappa shape index (κ1) is 110. The van der Waals surface area contributed by atoms with Gasteiger partial charge in [0.05, 0.1) is 36.9 Å². The van der Waals surface area contributed by atoms with Gasteiger partial charge in [0.2, 0.25) is 94.5 Å². The van der Waals surface area contributed by atoms with E-state index >= 15 is 4.79 Å². The molecule has 0 saturated heterocycles. The van der Waals surface area contributed by atoms with E-state index in [-0.39, 0.29) is 115 Å². The standard InChI is InChI=1S/C91H135N27O16/c1-6-56(4)77(89(134)112-67(37-25-44-104-91(99)100)83(128)115-70(80(125)105-51-75(96)121)48-59-28-12-8-13-29-59)117-85(130)65(35-19-23-45-118(53-61-32-17-21-41-101-61)54-62-33-18-22-42-102-62)109-84(129)68(38-39-73(94)119)108-76(122)52-106-78(123)57(5)107-81(126)64(34-16-20-40-92)110-86(131)69(46-55(2)3)114-82(127)66(36-24-43-103-90(97)98)111-87(132)71(49-60-30-14-9-15-31-60)116-88(133)72(50-74(95)120)113-79(124)63(93)47-58-26-10-7-11-27-58/h7-15,17-18,21-22,26-33,41-42,55-57,63-72,77H,6,16,19-20,23-25,34-40,43-54,92-93H2,1-5H3,(H2,94,119)(H2,95,120)(H2,96,121)(H,105,125)(H,106,123)(H,107,126)(H,108,122)(H,109,129)(H,110,131)(H,111,132)(H,112,134)(H,113,124)(H,114,127)(H,115,128)(H,116,133)(H,117,130)(H4,97,98,103)(H4,99,100,104)/t56-,57-,63-,64-,65-,66-,67-,68-,69-,70-,71-,72-,77-/m0/s1. The summed E-state index contributed by atoms with van der Waals surface area (Å²) in [6.45, 7) is 8.30. The van der Waals surface area contributed by atoms with Crippen LogP contribution in [0.15, 0.2) is 140 Å². The summed E-state index contributed by atoms with van der Waals surface area (Å²) in [5.41, 5.74) is 43.1. The molecule has 43 nitrogen and oxygen atoms in total. The molecule has 0 aliphatic rings. The SMILES string of the molecule is CC[C@H](C)[C@H](NC(=O)[C@H](CCCCN(Cc1ccccn1)Cc1ccccn1)NC(=O)[C@H](CCC(N)=O)NC(=O)CNC(=O)[C@H](C)NC(=O)[C@H](CCCCN)NC(=O)[C@H](CC(C)C)NC(=O)[C@H](CCCNC(=N)N)NC(=O)[C@H](Cc1ccccc1)NC(=O)[C@H](CC(N)=O)NC(=O)[C@@H](N)Cc1ccccc1)C(=O)N[C@@H](CCCNC(=N)N)C(=O)N[C@@H](Cc1ccccc1)C(=O)NCC(N)=O. The van der Waals surface area contributed by atoms with Gasteiger partial charge in [-0.15, -0.1) is 0 Å². The highest BCUT2D eigenvalue weighted by Gasteiger charge is 2.38. The quantitative estimate of drug-likeness (QED) is 0.0103. The zero-order chi connectivity index (χ0) is 98.6. The molecule has 2 heterocycles. The normalized spacial score (nSPS) is 13.9. The topological polar surface area (TPSA) is 712 Å². The van der Waals surface area contributed by atoms with Crippen molar-refractivity contribution < 1.29 is 76.7 Å². The molecular formula is C91H135N27O16. The van der Waals surface area contributed by atoms with Crippen LogP contribution < -0.4 is 120 Å². The maximum Gasteiger partial charge on any atom is 0.243 e. The van der Waals surface area contributed by atoms with Gasteiger partial charge in [0.1, 0.15) is 66.5 Å². The molecule has 16 amide bonds. The van der Waals surface area contributed by atoms with Gasteiger partial charge in [-0.1, -0.05) is 137 Å². The molecule has 0 aliphatic heterocycles. The third-order valence-corrected chi connectivity index (χ3v) is 21.5. The minimum absolute atomic E-state index is 0.0362. The Hall–Kier alpha value is -14.1. The van der Waals surface area contributed by atoms with Gasteiger partial charge in [-0.25, -0.2) is 0 Å². The molecule has 13 atom stereocenters. The summed E-state index contributed by atoms with van der Waals surface area (Å²) in [7, 11) is 0. The van der Waals surface area contributed by atoms with Gasteiger partial charge in [0, 0.05) is 57.8 Å². The van der Waals surface area contributed by atoms with Gasteiger partial charge < -0.3 is 120 Å². The first-order valence-corrected chi connectivity index (χ1v) is 44.9. The molecule has 0 aliphatic carbocycles. The van der Waals surface area contributed by atoms with Gasteiger partial charge in [-0.3, -0.25) is 102 Å². The number of carbonyl (C=O) groups excluding carboxylic acids is 16. The number of guanidine groups is 2. The van der Waals surface area contributed by atoms with Crippen molar-refractivity contribution in [3.05, 3.63) is 168 Å². The first-order valence-electron chi connectivity index (χ1n) is 44.9. The molecule has 31 N–H and O–H groups in total. The molecule has 5 rings (SSSR count). The van der Waals surface area contributed by atoms with Crippen LogP contribution in [0.5, 0.6) is 0 Å². The average Bonchev–Trinajstić information content (AvgIpc) is 0.844. The summed E-state index contributed by atoms with van der Waals surface area (Å²) in [6, 6.07) is 19.6. The molecule has 0 bridgehead atoms. The molecule has 0 unspecified atom stereocenters. The lowest BCUT2D eigenvalue weighted by molar-refractivity contribution is -0.136. The molecule has 3 aromatic carbocycles. The fourth-order valence-electron chi connectivity index (χ4n) is 14.1. The molecule has 2 aromatic heterocycles. The lowest BCUT2D eigenvalue weighted by Crippen LogP contribution is -2.61. The zero-order valence-corrected chi connectivity index (χ0v) is 76.7. The first-order chi connectivity index (χ1) is 63.9. The van der Waals surface area contributed by atoms with Crippen LogP contribution in [0, 0.1) is 22.7 Å². The number of pyridine rings is 2. The number of nitrogens with two attached hydrogens (primary N) is 7. The summed E-state index contributed by atoms with van der Waals surface area (Å²) in [5, 5.41) is 54.7. The van der Waals surface area contributed by atoms with Gasteiger partial charge in [-0.05, 0) is 156 Å². The van der Waals surface area contributed by atoms with E-state index in [4.69, 9.17) is 51.0 Å². The smallest absolute Gasteiger partial charge is 0.243 e. The number of nitrogens with zero attached hydrogens (tertiary/aromatic N) is 3. The van der Waals surface area contributed by atoms with E-state index in [1.807, 2.05) is 24.3 Å². The van der Waals surface area contributed by atoms with E-state index in [2.05, 4.69) is 94.6 Å². The van der Waals surface area contributed by atoms with Crippen LogP contribution in [0.3, 0.4) is 0 Å². The second-order valence-corrected chi connectivity index (χ2v) is 33.2. The van der Waals surface area contributed by atoms with Gasteiger partial charge in [-0.2, -0.15) is 0 Å². The number of amides is 16. The van der Waals surface area contributed by atoms with Crippen molar-refractivity contribution in [2.45, 2.75) is 236 Å². The summed E-state index contributed by atoms with van der Waals surface area (Å²) in [5.74, 6) is -16.1. The van der Waals surface area contributed by atoms with Crippen molar-refractivity contribution in [2.75, 3.05) is 39.3 Å². The van der Waals surface area contributed by atoms with Gasteiger partial charge >= 0.3 is 0 Å². The predicted octanol–water partition coefficient (Wildman–Crippen LogP) is -3.34. The molecule has 0 spiro atoms. The highest BCUT2D eigenvalue weighted by Crippen LogP contribution is 2.18. The number of aromatic nitrogens is 2. The second-order valence-electron chi connectivity index (χ2n) is 33.2. The van der Waals surface area contributed by atoms with Crippen LogP contribution in [0.2, 0.25) is 0 Å². The molecule has 134 heavy (non-hydrogen) atoms. The van der Waals surface area contributed by atoms with E-state index in [0.29, 0.717) is 49.2 Å². The third-order valence-electron chi connectivity index (χ3n) is 21.5. The second kappa shape index (κ2) is 60.1.